The molecule has 0 aromatic rings. The van der Waals surface area contributed by atoms with E-state index in [2.05, 4.69) is 19.2 Å². The van der Waals surface area contributed by atoms with E-state index in [0.29, 0.717) is 24.3 Å². The zero-order chi connectivity index (χ0) is 9.84. The van der Waals surface area contributed by atoms with Crippen LogP contribution >= 0.6 is 0 Å². The molecule has 3 nitrogen and oxygen atoms in total. The standard InChI is InChI=1S/C10H19NO2/c1-7(2)5-9-8(3-4-11-9)6-10(12)13/h7-9,11H,3-6H2,1-2H3,(H,12,13)/t8-,9-/m0/s1. The number of hydrogen-bond acceptors (Lipinski definition) is 2. The Morgan fingerprint density at radius 3 is 2.85 bits per heavy atom. The second-order valence-electron chi connectivity index (χ2n) is 4.34. The minimum Gasteiger partial charge on any atom is -0.481 e. The lowest BCUT2D eigenvalue weighted by Crippen LogP contribution is -2.29. The van der Waals surface area contributed by atoms with Crippen LogP contribution in [0.5, 0.6) is 0 Å². The van der Waals surface area contributed by atoms with Crippen molar-refractivity contribution in [1.82, 2.24) is 5.32 Å². The predicted molar refractivity (Wildman–Crippen MR) is 51.6 cm³/mol. The summed E-state index contributed by atoms with van der Waals surface area (Å²) < 4.78 is 0. The van der Waals surface area contributed by atoms with Gasteiger partial charge in [0, 0.05) is 12.5 Å². The van der Waals surface area contributed by atoms with Crippen LogP contribution in [0.25, 0.3) is 0 Å². The molecule has 1 aliphatic heterocycles. The molecule has 0 radical (unpaired) electrons. The van der Waals surface area contributed by atoms with Gasteiger partial charge in [0.1, 0.15) is 0 Å². The minimum absolute atomic E-state index is 0.324. The third kappa shape index (κ3) is 3.35. The van der Waals surface area contributed by atoms with Gasteiger partial charge in [-0.25, -0.2) is 0 Å². The summed E-state index contributed by atoms with van der Waals surface area (Å²) in [6.45, 7) is 5.34. The van der Waals surface area contributed by atoms with Gasteiger partial charge in [0.05, 0.1) is 0 Å². The van der Waals surface area contributed by atoms with Gasteiger partial charge >= 0.3 is 5.97 Å². The molecule has 0 aromatic heterocycles. The molecule has 2 N–H and O–H groups in total. The third-order valence-electron chi connectivity index (χ3n) is 2.65. The zero-order valence-electron chi connectivity index (χ0n) is 8.42. The molecular formula is C10H19NO2. The lowest BCUT2D eigenvalue weighted by molar-refractivity contribution is -0.138. The topological polar surface area (TPSA) is 49.3 Å². The average molecular weight is 185 g/mol. The summed E-state index contributed by atoms with van der Waals surface area (Å²) in [5.41, 5.74) is 0. The average Bonchev–Trinajstić information content (AvgIpc) is 2.34. The summed E-state index contributed by atoms with van der Waals surface area (Å²) in [6, 6.07) is 0.427. The number of carboxylic acids is 1. The third-order valence-corrected chi connectivity index (χ3v) is 2.65. The van der Waals surface area contributed by atoms with E-state index < -0.39 is 5.97 Å². The largest absolute Gasteiger partial charge is 0.481 e. The minimum atomic E-state index is -0.664. The first-order chi connectivity index (χ1) is 6.09. The van der Waals surface area contributed by atoms with Crippen LogP contribution in [0.4, 0.5) is 0 Å². The van der Waals surface area contributed by atoms with Gasteiger partial charge in [-0.3, -0.25) is 4.79 Å². The highest BCUT2D eigenvalue weighted by Gasteiger charge is 2.28. The normalized spacial score (nSPS) is 28.2. The Bertz CT molecular complexity index is 180. The molecule has 3 heteroatoms. The van der Waals surface area contributed by atoms with Crippen molar-refractivity contribution in [2.45, 2.75) is 39.2 Å². The van der Waals surface area contributed by atoms with Gasteiger partial charge in [-0.1, -0.05) is 13.8 Å². The molecule has 1 saturated heterocycles. The number of rotatable bonds is 4. The second kappa shape index (κ2) is 4.61. The molecule has 0 aromatic carbocycles. The summed E-state index contributed by atoms with van der Waals surface area (Å²) in [5.74, 6) is 0.328. The van der Waals surface area contributed by atoms with Gasteiger partial charge in [0.25, 0.3) is 0 Å². The number of carboxylic acid groups (broad SMARTS) is 1. The fourth-order valence-electron chi connectivity index (χ4n) is 2.07. The Morgan fingerprint density at radius 1 is 1.62 bits per heavy atom. The van der Waals surface area contributed by atoms with E-state index in [0.717, 1.165) is 19.4 Å². The van der Waals surface area contributed by atoms with E-state index in [1.807, 2.05) is 0 Å². The molecule has 76 valence electrons. The van der Waals surface area contributed by atoms with Crippen LogP contribution < -0.4 is 5.32 Å². The van der Waals surface area contributed by atoms with Crippen LogP contribution in [0.2, 0.25) is 0 Å². The molecule has 0 bridgehead atoms. The number of aliphatic carboxylic acids is 1. The fraction of sp³-hybridized carbons (Fsp3) is 0.900. The maximum Gasteiger partial charge on any atom is 0.303 e. The molecular weight excluding hydrogens is 166 g/mol. The smallest absolute Gasteiger partial charge is 0.303 e. The number of carbonyl (C=O) groups is 1. The van der Waals surface area contributed by atoms with Gasteiger partial charge in [-0.2, -0.15) is 0 Å². The first-order valence-electron chi connectivity index (χ1n) is 5.04. The van der Waals surface area contributed by atoms with Crippen LogP contribution in [0.1, 0.15) is 33.1 Å². The highest BCUT2D eigenvalue weighted by molar-refractivity contribution is 5.67. The van der Waals surface area contributed by atoms with E-state index in [1.165, 1.54) is 0 Å². The van der Waals surface area contributed by atoms with Gasteiger partial charge in [0.2, 0.25) is 0 Å². The Hall–Kier alpha value is -0.570. The maximum atomic E-state index is 10.6. The molecule has 0 amide bonds. The maximum absolute atomic E-state index is 10.6. The molecule has 0 saturated carbocycles. The van der Waals surface area contributed by atoms with Crippen LogP contribution in [0, 0.1) is 11.8 Å². The van der Waals surface area contributed by atoms with Crippen molar-refractivity contribution in [2.75, 3.05) is 6.54 Å². The van der Waals surface area contributed by atoms with Crippen LogP contribution in [-0.4, -0.2) is 23.7 Å². The van der Waals surface area contributed by atoms with E-state index >= 15 is 0 Å². The summed E-state index contributed by atoms with van der Waals surface area (Å²) in [4.78, 5) is 10.6. The first-order valence-corrected chi connectivity index (χ1v) is 5.04. The zero-order valence-corrected chi connectivity index (χ0v) is 8.42. The van der Waals surface area contributed by atoms with Gasteiger partial charge in [-0.05, 0) is 31.2 Å². The molecule has 1 heterocycles. The van der Waals surface area contributed by atoms with Crippen molar-refractivity contribution in [3.05, 3.63) is 0 Å². The van der Waals surface area contributed by atoms with Crippen LogP contribution in [-0.2, 0) is 4.79 Å². The molecule has 1 aliphatic rings. The molecule has 1 rings (SSSR count). The molecule has 13 heavy (non-hydrogen) atoms. The molecule has 0 aliphatic carbocycles. The molecule has 2 atom stereocenters. The SMILES string of the molecule is CC(C)C[C@@H]1NCC[C@H]1CC(=O)O. The quantitative estimate of drug-likeness (QED) is 0.697. The summed E-state index contributed by atoms with van der Waals surface area (Å²) in [6.07, 6.45) is 2.44. The highest BCUT2D eigenvalue weighted by Crippen LogP contribution is 2.24. The lowest BCUT2D eigenvalue weighted by Gasteiger charge is -2.19. The van der Waals surface area contributed by atoms with Crippen molar-refractivity contribution in [3.63, 3.8) is 0 Å². The van der Waals surface area contributed by atoms with Crippen molar-refractivity contribution in [1.29, 1.82) is 0 Å². The van der Waals surface area contributed by atoms with Gasteiger partial charge < -0.3 is 10.4 Å². The molecule has 1 fully saturated rings. The van der Waals surface area contributed by atoms with Crippen molar-refractivity contribution >= 4 is 5.97 Å². The Balaban J connectivity index is 2.39. The summed E-state index contributed by atoms with van der Waals surface area (Å²) in [7, 11) is 0. The monoisotopic (exact) mass is 185 g/mol. The van der Waals surface area contributed by atoms with E-state index in [9.17, 15) is 4.79 Å². The van der Waals surface area contributed by atoms with E-state index in [-0.39, 0.29) is 0 Å². The summed E-state index contributed by atoms with van der Waals surface area (Å²) in [5, 5.41) is 12.1. The van der Waals surface area contributed by atoms with Gasteiger partial charge in [-0.15, -0.1) is 0 Å². The van der Waals surface area contributed by atoms with Crippen LogP contribution in [0.3, 0.4) is 0 Å². The van der Waals surface area contributed by atoms with E-state index in [1.54, 1.807) is 0 Å². The van der Waals surface area contributed by atoms with Crippen molar-refractivity contribution < 1.29 is 9.90 Å². The summed E-state index contributed by atoms with van der Waals surface area (Å²) >= 11 is 0. The van der Waals surface area contributed by atoms with E-state index in [4.69, 9.17) is 5.11 Å². The Labute approximate surface area is 79.5 Å². The predicted octanol–water partition coefficient (Wildman–Crippen LogP) is 1.49. The molecule has 0 unspecified atom stereocenters. The Kier molecular flexibility index (Phi) is 3.72. The molecule has 0 spiro atoms. The van der Waals surface area contributed by atoms with Crippen molar-refractivity contribution in [2.24, 2.45) is 11.8 Å². The number of nitrogens with one attached hydrogen (secondary N) is 1. The second-order valence-corrected chi connectivity index (χ2v) is 4.34. The number of hydrogen-bond donors (Lipinski definition) is 2. The highest BCUT2D eigenvalue weighted by atomic mass is 16.4. The van der Waals surface area contributed by atoms with Crippen molar-refractivity contribution in [3.8, 4) is 0 Å². The Morgan fingerprint density at radius 2 is 2.31 bits per heavy atom. The van der Waals surface area contributed by atoms with Crippen LogP contribution in [0.15, 0.2) is 0 Å². The fourth-order valence-corrected chi connectivity index (χ4v) is 2.07. The first kappa shape index (κ1) is 10.5. The lowest BCUT2D eigenvalue weighted by atomic mass is 9.91. The van der Waals surface area contributed by atoms with Gasteiger partial charge in [0.15, 0.2) is 0 Å².